The molecule has 2 amide bonds. The van der Waals surface area contributed by atoms with Crippen LogP contribution in [0.15, 0.2) is 42.7 Å². The van der Waals surface area contributed by atoms with Crippen LogP contribution in [0.4, 0.5) is 11.4 Å². The first-order valence-corrected chi connectivity index (χ1v) is 10.9. The van der Waals surface area contributed by atoms with Gasteiger partial charge in [0, 0.05) is 50.6 Å². The van der Waals surface area contributed by atoms with Crippen molar-refractivity contribution in [3.05, 3.63) is 42.7 Å². The number of rotatable bonds is 6. The van der Waals surface area contributed by atoms with E-state index in [1.165, 1.54) is 0 Å². The highest BCUT2D eigenvalue weighted by Gasteiger charge is 2.31. The number of piperidine rings is 1. The number of amides is 2. The number of nitrogens with one attached hydrogen (secondary N) is 1. The molecule has 2 fully saturated rings. The number of anilines is 2. The third-order valence-corrected chi connectivity index (χ3v) is 5.82. The molecule has 2 aliphatic heterocycles. The summed E-state index contributed by atoms with van der Waals surface area (Å²) in [4.78, 5) is 28.8. The topological polar surface area (TPSA) is 87.7 Å². The van der Waals surface area contributed by atoms with E-state index in [1.54, 1.807) is 23.4 Å². The van der Waals surface area contributed by atoms with Crippen molar-refractivity contribution in [3.63, 3.8) is 0 Å². The lowest BCUT2D eigenvalue weighted by Gasteiger charge is -2.33. The molecule has 8 nitrogen and oxygen atoms in total. The quantitative estimate of drug-likeness (QED) is 0.768. The molecule has 2 saturated heterocycles. The van der Waals surface area contributed by atoms with Crippen LogP contribution in [0.3, 0.4) is 0 Å². The minimum absolute atomic E-state index is 0.0296. The molecule has 1 aromatic carbocycles. The maximum Gasteiger partial charge on any atom is 0.237 e. The fourth-order valence-corrected chi connectivity index (χ4v) is 3.89. The fraction of sp³-hybridized carbons (Fsp3) is 0.478. The van der Waals surface area contributed by atoms with Crippen molar-refractivity contribution in [2.45, 2.75) is 32.8 Å². The summed E-state index contributed by atoms with van der Waals surface area (Å²) in [7, 11) is 0. The number of ether oxygens (including phenoxy) is 1. The van der Waals surface area contributed by atoms with Crippen LogP contribution in [0.5, 0.6) is 5.75 Å². The van der Waals surface area contributed by atoms with Gasteiger partial charge in [-0.15, -0.1) is 0 Å². The molecule has 0 radical (unpaired) electrons. The maximum absolute atomic E-state index is 13.0. The van der Waals surface area contributed by atoms with Gasteiger partial charge in [0.2, 0.25) is 11.8 Å². The molecule has 0 aliphatic carbocycles. The second-order valence-electron chi connectivity index (χ2n) is 8.42. The molecule has 2 aromatic rings. The zero-order valence-electron chi connectivity index (χ0n) is 18.0. The molecule has 164 valence electrons. The number of aromatic nitrogens is 2. The lowest BCUT2D eigenvalue weighted by atomic mass is 10.0. The monoisotopic (exact) mass is 423 g/mol. The summed E-state index contributed by atoms with van der Waals surface area (Å²) >= 11 is 0. The van der Waals surface area contributed by atoms with Gasteiger partial charge in [0.25, 0.3) is 0 Å². The second-order valence-corrected chi connectivity index (χ2v) is 8.42. The van der Waals surface area contributed by atoms with E-state index in [1.807, 2.05) is 43.0 Å². The first kappa shape index (κ1) is 21.2. The van der Waals surface area contributed by atoms with E-state index in [0.29, 0.717) is 18.8 Å². The minimum atomic E-state index is -0.0391. The largest absolute Gasteiger partial charge is 0.490 e. The molecule has 0 bridgehead atoms. The third kappa shape index (κ3) is 4.85. The molecule has 0 spiro atoms. The zero-order valence-corrected chi connectivity index (χ0v) is 18.0. The molecular weight excluding hydrogens is 394 g/mol. The molecule has 3 heterocycles. The van der Waals surface area contributed by atoms with Gasteiger partial charge in [0.1, 0.15) is 11.9 Å². The van der Waals surface area contributed by atoms with Crippen molar-refractivity contribution >= 4 is 23.2 Å². The first-order valence-electron chi connectivity index (χ1n) is 10.9. The van der Waals surface area contributed by atoms with Gasteiger partial charge in [-0.25, -0.2) is 0 Å². The smallest absolute Gasteiger partial charge is 0.237 e. The lowest BCUT2D eigenvalue weighted by Crippen LogP contribution is -2.51. The fourth-order valence-electron chi connectivity index (χ4n) is 3.89. The summed E-state index contributed by atoms with van der Waals surface area (Å²) in [5.74, 6) is 1.01. The van der Waals surface area contributed by atoms with E-state index < -0.39 is 0 Å². The predicted molar refractivity (Wildman–Crippen MR) is 117 cm³/mol. The van der Waals surface area contributed by atoms with E-state index in [0.717, 1.165) is 37.4 Å². The molecule has 8 heteroatoms. The molecule has 4 rings (SSSR count). The van der Waals surface area contributed by atoms with Crippen LogP contribution >= 0.6 is 0 Å². The predicted octanol–water partition coefficient (Wildman–Crippen LogP) is 2.39. The highest BCUT2D eigenvalue weighted by Crippen LogP contribution is 2.30. The maximum atomic E-state index is 13.0. The second kappa shape index (κ2) is 9.43. The van der Waals surface area contributed by atoms with Crippen molar-refractivity contribution in [1.82, 2.24) is 20.4 Å². The van der Waals surface area contributed by atoms with Crippen molar-refractivity contribution in [3.8, 4) is 5.75 Å². The lowest BCUT2D eigenvalue weighted by molar-refractivity contribution is -0.136. The number of carbonyl (C=O) groups excluding carboxylic acids is 2. The Hall–Kier alpha value is -3.00. The van der Waals surface area contributed by atoms with Gasteiger partial charge >= 0.3 is 0 Å². The Bertz CT molecular complexity index is 891. The Kier molecular flexibility index (Phi) is 6.46. The molecule has 0 saturated carbocycles. The summed E-state index contributed by atoms with van der Waals surface area (Å²) < 4.78 is 6.15. The van der Waals surface area contributed by atoms with Crippen LogP contribution in [-0.4, -0.2) is 59.2 Å². The van der Waals surface area contributed by atoms with Crippen LogP contribution < -0.4 is 15.0 Å². The number of carbonyl (C=O) groups is 2. The number of hydrogen-bond donors (Lipinski definition) is 1. The average Bonchev–Trinajstić information content (AvgIpc) is 2.75. The van der Waals surface area contributed by atoms with Crippen LogP contribution in [0.2, 0.25) is 0 Å². The van der Waals surface area contributed by atoms with E-state index in [4.69, 9.17) is 4.74 Å². The van der Waals surface area contributed by atoms with E-state index >= 15 is 0 Å². The minimum Gasteiger partial charge on any atom is -0.490 e. The molecule has 31 heavy (non-hydrogen) atoms. The van der Waals surface area contributed by atoms with Crippen LogP contribution in [-0.2, 0) is 9.59 Å². The first-order chi connectivity index (χ1) is 15.0. The normalized spacial score (nSPS) is 17.3. The van der Waals surface area contributed by atoms with Crippen molar-refractivity contribution in [1.29, 1.82) is 0 Å². The molecule has 2 aliphatic rings. The molecular formula is C23H29N5O3. The number of likely N-dealkylation sites (tertiary alicyclic amines) is 1. The SMILES string of the molecule is CC(C)C(=O)N1CCC(Oc2ccc(N(C(=O)C3CNC3)c3ccnnc3)cc2)CC1. The van der Waals surface area contributed by atoms with Gasteiger partial charge < -0.3 is 15.0 Å². The zero-order chi connectivity index (χ0) is 21.8. The van der Waals surface area contributed by atoms with Gasteiger partial charge in [0.05, 0.1) is 24.0 Å². The summed E-state index contributed by atoms with van der Waals surface area (Å²) in [6, 6.07) is 9.38. The summed E-state index contributed by atoms with van der Waals surface area (Å²) in [6.07, 6.45) is 4.92. The van der Waals surface area contributed by atoms with Crippen molar-refractivity contribution < 1.29 is 14.3 Å². The van der Waals surface area contributed by atoms with E-state index in [2.05, 4.69) is 15.5 Å². The molecule has 0 atom stereocenters. The van der Waals surface area contributed by atoms with Gasteiger partial charge in [-0.05, 0) is 30.3 Å². The van der Waals surface area contributed by atoms with Gasteiger partial charge in [-0.2, -0.15) is 10.2 Å². The van der Waals surface area contributed by atoms with E-state index in [-0.39, 0.29) is 29.8 Å². The number of benzene rings is 1. The highest BCUT2D eigenvalue weighted by molar-refractivity contribution is 6.02. The van der Waals surface area contributed by atoms with Crippen molar-refractivity contribution in [2.75, 3.05) is 31.1 Å². The molecule has 0 unspecified atom stereocenters. The van der Waals surface area contributed by atoms with Crippen LogP contribution in [0.1, 0.15) is 26.7 Å². The number of nitrogens with zero attached hydrogens (tertiary/aromatic N) is 4. The Morgan fingerprint density at radius 2 is 1.77 bits per heavy atom. The van der Waals surface area contributed by atoms with Crippen LogP contribution in [0.25, 0.3) is 0 Å². The average molecular weight is 424 g/mol. The Morgan fingerprint density at radius 1 is 1.06 bits per heavy atom. The summed E-state index contributed by atoms with van der Waals surface area (Å²) in [6.45, 7) is 6.70. The Morgan fingerprint density at radius 3 is 2.32 bits per heavy atom. The van der Waals surface area contributed by atoms with Gasteiger partial charge in [0.15, 0.2) is 0 Å². The van der Waals surface area contributed by atoms with Gasteiger partial charge in [-0.3, -0.25) is 14.5 Å². The number of hydrogen-bond acceptors (Lipinski definition) is 6. The molecule has 1 aromatic heterocycles. The van der Waals surface area contributed by atoms with Gasteiger partial charge in [-0.1, -0.05) is 13.8 Å². The summed E-state index contributed by atoms with van der Waals surface area (Å²) in [5, 5.41) is 10.9. The van der Waals surface area contributed by atoms with Crippen LogP contribution in [0, 0.1) is 11.8 Å². The van der Waals surface area contributed by atoms with E-state index in [9.17, 15) is 9.59 Å². The summed E-state index contributed by atoms with van der Waals surface area (Å²) in [5.41, 5.74) is 1.47. The standard InChI is InChI=1S/C23H29N5O3/c1-16(2)22(29)27-11-8-21(9-12-27)31-20-5-3-18(4-6-20)28(19-7-10-25-26-15-19)23(30)17-13-24-14-17/h3-7,10,15-17,21,24H,8-9,11-14H2,1-2H3. The Balaban J connectivity index is 1.42. The highest BCUT2D eigenvalue weighted by atomic mass is 16.5. The molecule has 1 N–H and O–H groups in total. The third-order valence-electron chi connectivity index (χ3n) is 5.82. The van der Waals surface area contributed by atoms with Crippen molar-refractivity contribution in [2.24, 2.45) is 11.8 Å². The Labute approximate surface area is 182 Å².